The van der Waals surface area contributed by atoms with E-state index < -0.39 is 5.91 Å². The van der Waals surface area contributed by atoms with Crippen LogP contribution in [0.2, 0.25) is 0 Å². The number of hydrogen-bond acceptors (Lipinski definition) is 4. The van der Waals surface area contributed by atoms with E-state index in [0.29, 0.717) is 22.0 Å². The summed E-state index contributed by atoms with van der Waals surface area (Å²) >= 11 is 5.80. The molecule has 0 unspecified atom stereocenters. The largest absolute Gasteiger partial charge is 0.516 e. The molecule has 0 bridgehead atoms. The van der Waals surface area contributed by atoms with Crippen LogP contribution in [0.3, 0.4) is 0 Å². The number of nitrogens with one attached hydrogen (secondary N) is 1. The highest BCUT2D eigenvalue weighted by molar-refractivity contribution is 14.1. The zero-order chi connectivity index (χ0) is 15.4. The predicted molar refractivity (Wildman–Crippen MR) is 102 cm³/mol. The Bertz CT molecular complexity index is 603. The van der Waals surface area contributed by atoms with E-state index in [9.17, 15) is 9.59 Å². The van der Waals surface area contributed by atoms with Gasteiger partial charge in [-0.25, -0.2) is 0 Å². The smallest absolute Gasteiger partial charge is 0.253 e. The van der Waals surface area contributed by atoms with Gasteiger partial charge in [-0.2, -0.15) is 0 Å². The van der Waals surface area contributed by atoms with Gasteiger partial charge in [-0.3, -0.25) is 9.59 Å². The van der Waals surface area contributed by atoms with Gasteiger partial charge in [0.15, 0.2) is 0 Å². The van der Waals surface area contributed by atoms with Crippen molar-refractivity contribution < 1.29 is 14.7 Å². The fourth-order valence-electron chi connectivity index (χ4n) is 1.39. The molecule has 6 nitrogen and oxygen atoms in total. The van der Waals surface area contributed by atoms with Gasteiger partial charge < -0.3 is 21.9 Å². The number of aliphatic hydroxyl groups is 1. The van der Waals surface area contributed by atoms with Crippen molar-refractivity contribution in [3.05, 3.63) is 34.2 Å². The van der Waals surface area contributed by atoms with Crippen LogP contribution in [0.25, 0.3) is 0 Å². The highest BCUT2D eigenvalue weighted by Gasteiger charge is 2.25. The third kappa shape index (κ3) is 3.66. The van der Waals surface area contributed by atoms with Gasteiger partial charge in [0, 0.05) is 10.1 Å². The van der Waals surface area contributed by atoms with Gasteiger partial charge >= 0.3 is 0 Å². The summed E-state index contributed by atoms with van der Waals surface area (Å²) in [5, 5.41) is 11.1. The molecule has 1 aromatic carbocycles. The summed E-state index contributed by atoms with van der Waals surface area (Å²) in [6.45, 7) is 0.166. The van der Waals surface area contributed by atoms with Crippen LogP contribution in [0, 0.1) is 10.7 Å². The van der Waals surface area contributed by atoms with Crippen molar-refractivity contribution in [1.82, 2.24) is 5.32 Å². The molecule has 9 heteroatoms. The molecule has 2 amide bonds. The van der Waals surface area contributed by atoms with Crippen molar-refractivity contribution in [3.63, 3.8) is 0 Å². The number of amides is 2. The summed E-state index contributed by atoms with van der Waals surface area (Å²) in [6, 6.07) is 0. The summed E-state index contributed by atoms with van der Waals surface area (Å²) in [7, 11) is 0. The third-order valence-electron chi connectivity index (χ3n) is 2.31. The summed E-state index contributed by atoms with van der Waals surface area (Å²) in [6.07, 6.45) is 2.22. The Morgan fingerprint density at radius 2 is 1.70 bits per heavy atom. The lowest BCUT2D eigenvalue weighted by atomic mass is 10.1. The minimum absolute atomic E-state index is 0.166. The number of nitrogens with two attached hydrogens (primary N) is 2. The molecule has 0 heterocycles. The summed E-state index contributed by atoms with van der Waals surface area (Å²) < 4.78 is 1.56. The molecule has 0 saturated heterocycles. The Morgan fingerprint density at radius 1 is 1.15 bits per heavy atom. The zero-order valence-corrected chi connectivity index (χ0v) is 16.4. The van der Waals surface area contributed by atoms with E-state index >= 15 is 0 Å². The van der Waals surface area contributed by atoms with Gasteiger partial charge in [0.1, 0.15) is 0 Å². The topological polar surface area (TPSA) is 118 Å². The van der Waals surface area contributed by atoms with Crippen LogP contribution in [0.15, 0.2) is 12.3 Å². The summed E-state index contributed by atoms with van der Waals surface area (Å²) in [5.41, 5.74) is 12.2. The molecule has 108 valence electrons. The molecule has 6 N–H and O–H groups in total. The number of rotatable bonds is 4. The van der Waals surface area contributed by atoms with E-state index in [0.717, 1.165) is 6.26 Å². The first-order chi connectivity index (χ1) is 9.32. The Morgan fingerprint density at radius 3 is 2.20 bits per heavy atom. The van der Waals surface area contributed by atoms with Crippen molar-refractivity contribution >= 4 is 85.3 Å². The second-order valence-corrected chi connectivity index (χ2v) is 6.80. The van der Waals surface area contributed by atoms with Crippen LogP contribution in [0.1, 0.15) is 20.7 Å². The van der Waals surface area contributed by atoms with Gasteiger partial charge in [-0.15, -0.1) is 0 Å². The molecule has 0 spiro atoms. The Hall–Kier alpha value is -0.310. The number of aliphatic hydroxyl groups excluding tert-OH is 1. The molecule has 1 aromatic rings. The first-order valence-electron chi connectivity index (χ1n) is 5.16. The second kappa shape index (κ2) is 7.63. The molecule has 0 aliphatic heterocycles. The van der Waals surface area contributed by atoms with Gasteiger partial charge in [-0.05, 0) is 73.8 Å². The first kappa shape index (κ1) is 17.7. The summed E-state index contributed by atoms with van der Waals surface area (Å²) in [4.78, 5) is 23.7. The highest BCUT2D eigenvalue weighted by Crippen LogP contribution is 2.33. The maximum atomic E-state index is 12.2. The predicted octanol–water partition coefficient (Wildman–Crippen LogP) is 1.98. The van der Waals surface area contributed by atoms with Crippen LogP contribution >= 0.6 is 67.8 Å². The third-order valence-corrected chi connectivity index (χ3v) is 5.63. The molecule has 0 saturated carbocycles. The maximum Gasteiger partial charge on any atom is 0.253 e. The maximum absolute atomic E-state index is 12.2. The Balaban J connectivity index is 3.39. The molecule has 1 rings (SSSR count). The molecule has 0 atom stereocenters. The van der Waals surface area contributed by atoms with Crippen LogP contribution in [0.4, 0.5) is 5.69 Å². The average molecular weight is 613 g/mol. The standard InChI is InChI=1S/C11H10I3N3O3/c12-6-4(10(16)19)7(13)9(15)8(14)5(6)11(20)17-2-1-3-18/h1,3,18H,2,15H2,(H2,16,19)(H,17,20). The normalized spacial score (nSPS) is 10.8. The number of nitrogen functional groups attached to an aromatic ring is 1. The second-order valence-electron chi connectivity index (χ2n) is 3.56. The number of benzene rings is 1. The molecule has 0 radical (unpaired) electrons. The Labute approximate surface area is 156 Å². The van der Waals surface area contributed by atoms with E-state index in [2.05, 4.69) is 5.32 Å². The van der Waals surface area contributed by atoms with Crippen LogP contribution in [0.5, 0.6) is 0 Å². The number of carbonyl (C=O) groups excluding carboxylic acids is 2. The molecule has 20 heavy (non-hydrogen) atoms. The van der Waals surface area contributed by atoms with Crippen molar-refractivity contribution in [3.8, 4) is 0 Å². The van der Waals surface area contributed by atoms with Gasteiger partial charge in [0.05, 0.1) is 30.2 Å². The van der Waals surface area contributed by atoms with Crippen LogP contribution in [-0.2, 0) is 0 Å². The van der Waals surface area contributed by atoms with Gasteiger partial charge in [0.25, 0.3) is 11.8 Å². The number of halogens is 3. The number of hydrogen-bond donors (Lipinski definition) is 4. The van der Waals surface area contributed by atoms with E-state index in [-0.39, 0.29) is 18.0 Å². The molecule has 0 aromatic heterocycles. The lowest BCUT2D eigenvalue weighted by Gasteiger charge is -2.15. The van der Waals surface area contributed by atoms with E-state index in [1.165, 1.54) is 6.08 Å². The van der Waals surface area contributed by atoms with Crippen LogP contribution < -0.4 is 16.8 Å². The monoisotopic (exact) mass is 613 g/mol. The van der Waals surface area contributed by atoms with E-state index in [4.69, 9.17) is 16.6 Å². The molecular formula is C11H10I3N3O3. The van der Waals surface area contributed by atoms with Crippen molar-refractivity contribution in [2.24, 2.45) is 5.73 Å². The number of anilines is 1. The Kier molecular flexibility index (Phi) is 6.77. The summed E-state index contributed by atoms with van der Waals surface area (Å²) in [5.74, 6) is -1.02. The molecule has 0 aliphatic rings. The number of carbonyl (C=O) groups is 2. The van der Waals surface area contributed by atoms with Crippen molar-refractivity contribution in [1.29, 1.82) is 0 Å². The fraction of sp³-hybridized carbons (Fsp3) is 0.0909. The molecular weight excluding hydrogens is 603 g/mol. The SMILES string of the molecule is NC(=O)c1c(I)c(N)c(I)c(C(=O)NCC=CO)c1I. The lowest BCUT2D eigenvalue weighted by molar-refractivity contribution is 0.0956. The minimum Gasteiger partial charge on any atom is -0.516 e. The molecule has 0 aliphatic carbocycles. The first-order valence-corrected chi connectivity index (χ1v) is 8.39. The van der Waals surface area contributed by atoms with E-state index in [1.54, 1.807) is 0 Å². The van der Waals surface area contributed by atoms with Gasteiger partial charge in [-0.1, -0.05) is 0 Å². The van der Waals surface area contributed by atoms with E-state index in [1.807, 2.05) is 67.8 Å². The number of primary amides is 1. The quantitative estimate of drug-likeness (QED) is 0.236. The minimum atomic E-state index is -0.633. The lowest BCUT2D eigenvalue weighted by Crippen LogP contribution is -2.28. The van der Waals surface area contributed by atoms with Gasteiger partial charge in [0.2, 0.25) is 0 Å². The zero-order valence-electron chi connectivity index (χ0n) is 9.91. The molecule has 0 fully saturated rings. The van der Waals surface area contributed by atoms with Crippen molar-refractivity contribution in [2.75, 3.05) is 12.3 Å². The van der Waals surface area contributed by atoms with Crippen LogP contribution in [-0.4, -0.2) is 23.5 Å². The fourth-order valence-corrected chi connectivity index (χ4v) is 5.58. The highest BCUT2D eigenvalue weighted by atomic mass is 127. The van der Waals surface area contributed by atoms with Crippen molar-refractivity contribution in [2.45, 2.75) is 0 Å². The average Bonchev–Trinajstić information content (AvgIpc) is 2.36.